The Morgan fingerprint density at radius 3 is 0.949 bits per heavy atom. The van der Waals surface area contributed by atoms with Crippen LogP contribution in [-0.4, -0.2) is 82.3 Å². The summed E-state index contributed by atoms with van der Waals surface area (Å²) in [6.45, 7) is 4.80. The molecular weight excluding hydrogens is 971 g/mol. The summed E-state index contributed by atoms with van der Waals surface area (Å²) < 4.78 is 22.7. The molecule has 9 nitrogen and oxygen atoms in total. The number of hydrogen-bond donors (Lipinski definition) is 0. The van der Waals surface area contributed by atoms with Crippen molar-refractivity contribution in [2.24, 2.45) is 0 Å². The summed E-state index contributed by atoms with van der Waals surface area (Å²) in [6.07, 6.45) is 70.3. The van der Waals surface area contributed by atoms with Crippen molar-refractivity contribution < 1.29 is 42.9 Å². The third-order valence-electron chi connectivity index (χ3n) is 15.8. The first kappa shape index (κ1) is 76.0. The minimum atomic E-state index is -1.62. The summed E-state index contributed by atoms with van der Waals surface area (Å²) in [6, 6.07) is 0. The van der Waals surface area contributed by atoms with E-state index in [-0.39, 0.29) is 32.2 Å². The van der Waals surface area contributed by atoms with E-state index in [0.29, 0.717) is 23.9 Å². The van der Waals surface area contributed by atoms with Crippen LogP contribution in [0.5, 0.6) is 0 Å². The predicted octanol–water partition coefficient (Wildman–Crippen LogP) is 19.5. The van der Waals surface area contributed by atoms with Crippen molar-refractivity contribution in [2.75, 3.05) is 47.5 Å². The van der Waals surface area contributed by atoms with Gasteiger partial charge in [-0.3, -0.25) is 9.59 Å². The molecule has 0 saturated carbocycles. The van der Waals surface area contributed by atoms with E-state index in [0.717, 1.165) is 51.4 Å². The average molecular weight is 1100 g/mol. The molecule has 0 heterocycles. The zero-order chi connectivity index (χ0) is 56.9. The second-order valence-electron chi connectivity index (χ2n) is 24.8. The maximum atomic E-state index is 12.9. The molecule has 0 aromatic carbocycles. The molecule has 2 unspecified atom stereocenters. The SMILES string of the molecule is CCCCCCCCC/C=C\CCCCCCCC(=O)OC(COC(=O)CCCCCCCCCCCCCCCCCCCCCCCCCCCCCCCCCCCCCCC)COC(OCC[N+](C)(C)C)C(=O)[O-]. The molecule has 0 N–H and O–H groups in total. The molecule has 0 aromatic rings. The van der Waals surface area contributed by atoms with E-state index in [1.165, 1.54) is 270 Å². The van der Waals surface area contributed by atoms with Crippen molar-refractivity contribution in [2.45, 2.75) is 367 Å². The number of carbonyl (C=O) groups excluding carboxylic acids is 3. The maximum absolute atomic E-state index is 12.9. The molecule has 0 radical (unpaired) electrons. The highest BCUT2D eigenvalue weighted by Gasteiger charge is 2.22. The second kappa shape index (κ2) is 61.1. The highest BCUT2D eigenvalue weighted by Crippen LogP contribution is 2.19. The van der Waals surface area contributed by atoms with Crippen LogP contribution in [0.1, 0.15) is 354 Å². The Kier molecular flexibility index (Phi) is 59.6. The van der Waals surface area contributed by atoms with Gasteiger partial charge in [0, 0.05) is 12.8 Å². The quantitative estimate of drug-likeness (QED) is 0.0195. The van der Waals surface area contributed by atoms with E-state index in [1.807, 2.05) is 21.1 Å². The maximum Gasteiger partial charge on any atom is 0.306 e. The van der Waals surface area contributed by atoms with Crippen LogP contribution in [0.25, 0.3) is 0 Å². The van der Waals surface area contributed by atoms with Gasteiger partial charge in [-0.2, -0.15) is 0 Å². The fourth-order valence-corrected chi connectivity index (χ4v) is 10.5. The van der Waals surface area contributed by atoms with Crippen LogP contribution in [0.15, 0.2) is 12.2 Å². The number of carboxylic acids is 1. The molecule has 0 aliphatic carbocycles. The number of aliphatic carboxylic acids is 1. The molecule has 0 spiro atoms. The number of hydrogen-bond acceptors (Lipinski definition) is 8. The first-order valence-corrected chi connectivity index (χ1v) is 34.3. The highest BCUT2D eigenvalue weighted by atomic mass is 16.7. The molecule has 0 fully saturated rings. The Morgan fingerprint density at radius 2 is 0.654 bits per heavy atom. The molecule has 2 atom stereocenters. The lowest BCUT2D eigenvalue weighted by Gasteiger charge is -2.26. The molecule has 0 bridgehead atoms. The van der Waals surface area contributed by atoms with E-state index in [9.17, 15) is 19.5 Å². The zero-order valence-corrected chi connectivity index (χ0v) is 52.8. The zero-order valence-electron chi connectivity index (χ0n) is 52.8. The first-order valence-electron chi connectivity index (χ1n) is 34.3. The molecule has 0 amide bonds. The van der Waals surface area contributed by atoms with Gasteiger partial charge in [-0.05, 0) is 38.5 Å². The van der Waals surface area contributed by atoms with Gasteiger partial charge in [-0.15, -0.1) is 0 Å². The smallest absolute Gasteiger partial charge is 0.306 e. The summed E-state index contributed by atoms with van der Waals surface area (Å²) >= 11 is 0. The minimum Gasteiger partial charge on any atom is -0.545 e. The topological polar surface area (TPSA) is 111 Å². The van der Waals surface area contributed by atoms with Crippen molar-refractivity contribution in [3.8, 4) is 0 Å². The van der Waals surface area contributed by atoms with Gasteiger partial charge in [0.2, 0.25) is 0 Å². The Bertz CT molecular complexity index is 1280. The standard InChI is InChI=1S/C69H133NO8/c1-6-8-10-12-14-16-18-20-22-24-25-26-27-28-29-30-31-32-33-34-35-36-37-38-39-40-41-42-43-44-46-47-49-51-53-55-57-59-66(71)76-63-65(64-77-69(68(73)74)75-62-61-70(3,4)5)78-67(72)60-58-56-54-52-50-48-45-23-21-19-17-15-13-11-9-7-2/h23,45,65,69H,6-22,24-44,46-64H2,1-5H3/b45-23-. The first-order chi connectivity index (χ1) is 38.1. The fraction of sp³-hybridized carbons (Fsp3) is 0.928. The lowest BCUT2D eigenvalue weighted by atomic mass is 10.0. The summed E-state index contributed by atoms with van der Waals surface area (Å²) in [7, 11) is 5.93. The number of unbranched alkanes of at least 4 members (excludes halogenated alkanes) is 48. The van der Waals surface area contributed by atoms with Gasteiger partial charge in [0.15, 0.2) is 12.4 Å². The van der Waals surface area contributed by atoms with E-state index < -0.39 is 24.3 Å². The molecule has 0 rings (SSSR count). The number of carboxylic acid groups (broad SMARTS) is 1. The lowest BCUT2D eigenvalue weighted by Crippen LogP contribution is -2.44. The number of rotatable bonds is 65. The number of esters is 2. The Balaban J connectivity index is 3.92. The molecule has 0 saturated heterocycles. The van der Waals surface area contributed by atoms with Crippen LogP contribution >= 0.6 is 0 Å². The van der Waals surface area contributed by atoms with Gasteiger partial charge >= 0.3 is 11.9 Å². The Morgan fingerprint density at radius 1 is 0.372 bits per heavy atom. The highest BCUT2D eigenvalue weighted by molar-refractivity contribution is 5.70. The summed E-state index contributed by atoms with van der Waals surface area (Å²) in [4.78, 5) is 37.3. The van der Waals surface area contributed by atoms with E-state index >= 15 is 0 Å². The van der Waals surface area contributed by atoms with Crippen LogP contribution in [0, 0.1) is 0 Å². The second-order valence-corrected chi connectivity index (χ2v) is 24.8. The molecule has 0 aliphatic heterocycles. The van der Waals surface area contributed by atoms with Gasteiger partial charge in [-0.1, -0.05) is 315 Å². The normalized spacial score (nSPS) is 12.7. The number of ether oxygens (including phenoxy) is 4. The van der Waals surface area contributed by atoms with Crippen LogP contribution in [0.2, 0.25) is 0 Å². The van der Waals surface area contributed by atoms with Crippen molar-refractivity contribution >= 4 is 17.9 Å². The number of carbonyl (C=O) groups is 3. The van der Waals surface area contributed by atoms with Crippen LogP contribution in [0.3, 0.4) is 0 Å². The Labute approximate surface area is 485 Å². The molecule has 0 aromatic heterocycles. The largest absolute Gasteiger partial charge is 0.545 e. The number of likely N-dealkylation sites (N-methyl/N-ethyl adjacent to an activating group) is 1. The van der Waals surface area contributed by atoms with Gasteiger partial charge in [-0.25, -0.2) is 0 Å². The summed E-state index contributed by atoms with van der Waals surface area (Å²) in [5.41, 5.74) is 0. The molecule has 462 valence electrons. The van der Waals surface area contributed by atoms with E-state index in [2.05, 4.69) is 26.0 Å². The van der Waals surface area contributed by atoms with Crippen molar-refractivity contribution in [3.05, 3.63) is 12.2 Å². The van der Waals surface area contributed by atoms with E-state index in [4.69, 9.17) is 18.9 Å². The molecular formula is C69H133NO8. The van der Waals surface area contributed by atoms with Gasteiger partial charge in [0.1, 0.15) is 13.2 Å². The van der Waals surface area contributed by atoms with Crippen molar-refractivity contribution in [1.82, 2.24) is 0 Å². The number of nitrogens with zero attached hydrogens (tertiary/aromatic N) is 1. The average Bonchev–Trinajstić information content (AvgIpc) is 3.41. The molecule has 78 heavy (non-hydrogen) atoms. The summed E-state index contributed by atoms with van der Waals surface area (Å²) in [5, 5.41) is 11.8. The van der Waals surface area contributed by atoms with Crippen LogP contribution in [0.4, 0.5) is 0 Å². The van der Waals surface area contributed by atoms with Gasteiger partial charge in [0.05, 0.1) is 40.3 Å². The third-order valence-corrected chi connectivity index (χ3v) is 15.8. The lowest BCUT2D eigenvalue weighted by molar-refractivity contribution is -0.870. The van der Waals surface area contributed by atoms with Crippen molar-refractivity contribution in [3.63, 3.8) is 0 Å². The predicted molar refractivity (Wildman–Crippen MR) is 330 cm³/mol. The van der Waals surface area contributed by atoms with Crippen LogP contribution < -0.4 is 5.11 Å². The number of allylic oxidation sites excluding steroid dienone is 2. The Hall–Kier alpha value is -1.97. The van der Waals surface area contributed by atoms with Gasteiger partial charge in [0.25, 0.3) is 0 Å². The fourth-order valence-electron chi connectivity index (χ4n) is 10.5. The number of quaternary nitrogens is 1. The van der Waals surface area contributed by atoms with E-state index in [1.54, 1.807) is 0 Å². The molecule has 9 heteroatoms. The minimum absolute atomic E-state index is 0.150. The third kappa shape index (κ3) is 61.6. The van der Waals surface area contributed by atoms with Crippen LogP contribution in [-0.2, 0) is 33.3 Å². The molecule has 0 aliphatic rings. The monoisotopic (exact) mass is 1100 g/mol. The van der Waals surface area contributed by atoms with Crippen molar-refractivity contribution in [1.29, 1.82) is 0 Å². The van der Waals surface area contributed by atoms with Gasteiger partial charge < -0.3 is 33.3 Å². The summed E-state index contributed by atoms with van der Waals surface area (Å²) in [5.74, 6) is -2.27.